The number of anilines is 1. The van der Waals surface area contributed by atoms with Crippen LogP contribution in [-0.2, 0) is 6.54 Å². The first kappa shape index (κ1) is 16.6. The van der Waals surface area contributed by atoms with Crippen LogP contribution >= 0.6 is 0 Å². The largest absolute Gasteiger partial charge is 0.368 e. The first-order valence-corrected chi connectivity index (χ1v) is 8.13. The average molecular weight is 337 g/mol. The molecule has 25 heavy (non-hydrogen) atoms. The van der Waals surface area contributed by atoms with Crippen LogP contribution in [0.2, 0.25) is 0 Å². The maximum atomic E-state index is 12.1. The number of benzene rings is 1. The van der Waals surface area contributed by atoms with Crippen LogP contribution in [0.5, 0.6) is 0 Å². The zero-order chi connectivity index (χ0) is 17.6. The Kier molecular flexibility index (Phi) is 5.03. The topological polar surface area (TPSA) is 88.9 Å². The number of carbonyl (C=O) groups is 1. The van der Waals surface area contributed by atoms with Gasteiger partial charge in [-0.1, -0.05) is 18.2 Å². The molecule has 0 fully saturated rings. The van der Waals surface area contributed by atoms with Gasteiger partial charge in [0.05, 0.1) is 5.52 Å². The molecule has 0 aliphatic rings. The Morgan fingerprint density at radius 3 is 2.76 bits per heavy atom. The van der Waals surface area contributed by atoms with E-state index in [9.17, 15) is 9.59 Å². The van der Waals surface area contributed by atoms with Crippen LogP contribution in [0, 0.1) is 0 Å². The van der Waals surface area contributed by atoms with Gasteiger partial charge in [0.2, 0.25) is 0 Å². The Balaban J connectivity index is 1.53. The fourth-order valence-electron chi connectivity index (χ4n) is 2.42. The van der Waals surface area contributed by atoms with E-state index in [0.29, 0.717) is 19.6 Å². The van der Waals surface area contributed by atoms with Crippen molar-refractivity contribution in [3.8, 4) is 0 Å². The number of aryl methyl sites for hydroxylation is 1. The first-order chi connectivity index (χ1) is 12.2. The number of amides is 1. The van der Waals surface area contributed by atoms with Gasteiger partial charge < -0.3 is 10.6 Å². The van der Waals surface area contributed by atoms with E-state index < -0.39 is 0 Å². The van der Waals surface area contributed by atoms with E-state index in [-0.39, 0.29) is 17.2 Å². The molecule has 2 heterocycles. The summed E-state index contributed by atoms with van der Waals surface area (Å²) in [4.78, 5) is 28.1. The van der Waals surface area contributed by atoms with Crippen molar-refractivity contribution in [2.45, 2.75) is 13.5 Å². The molecule has 0 saturated carbocycles. The molecule has 7 heteroatoms. The SMILES string of the molecule is CCn1nc(C(=O)NCCNc2ccc3ccccc3n2)ccc1=O. The Labute approximate surface area is 144 Å². The summed E-state index contributed by atoms with van der Waals surface area (Å²) in [6, 6.07) is 14.6. The van der Waals surface area contributed by atoms with Gasteiger partial charge in [-0.15, -0.1) is 0 Å². The van der Waals surface area contributed by atoms with Crippen LogP contribution in [0.15, 0.2) is 53.3 Å². The van der Waals surface area contributed by atoms with Crippen molar-refractivity contribution < 1.29 is 4.79 Å². The smallest absolute Gasteiger partial charge is 0.271 e. The molecule has 0 bridgehead atoms. The number of aromatic nitrogens is 3. The molecule has 0 aliphatic carbocycles. The van der Waals surface area contributed by atoms with Gasteiger partial charge in [0.15, 0.2) is 0 Å². The number of rotatable bonds is 6. The molecule has 0 spiro atoms. The van der Waals surface area contributed by atoms with E-state index in [1.807, 2.05) is 36.4 Å². The Bertz CT molecular complexity index is 951. The second-order valence-electron chi connectivity index (χ2n) is 5.44. The molecule has 0 unspecified atom stereocenters. The van der Waals surface area contributed by atoms with Crippen LogP contribution in [0.4, 0.5) is 5.82 Å². The molecule has 7 nitrogen and oxygen atoms in total. The van der Waals surface area contributed by atoms with Crippen molar-refractivity contribution in [3.05, 3.63) is 64.6 Å². The maximum absolute atomic E-state index is 12.1. The summed E-state index contributed by atoms with van der Waals surface area (Å²) in [6.07, 6.45) is 0. The van der Waals surface area contributed by atoms with Gasteiger partial charge in [-0.05, 0) is 31.2 Å². The quantitative estimate of drug-likeness (QED) is 0.668. The van der Waals surface area contributed by atoms with Crippen LogP contribution in [0.3, 0.4) is 0 Å². The van der Waals surface area contributed by atoms with E-state index in [1.54, 1.807) is 6.92 Å². The highest BCUT2D eigenvalue weighted by molar-refractivity contribution is 5.92. The molecule has 3 rings (SSSR count). The lowest BCUT2D eigenvalue weighted by atomic mass is 10.2. The van der Waals surface area contributed by atoms with Gasteiger partial charge in [0.1, 0.15) is 11.5 Å². The molecule has 0 radical (unpaired) electrons. The zero-order valence-corrected chi connectivity index (χ0v) is 13.9. The van der Waals surface area contributed by atoms with Gasteiger partial charge in [-0.25, -0.2) is 9.67 Å². The Morgan fingerprint density at radius 2 is 1.92 bits per heavy atom. The zero-order valence-electron chi connectivity index (χ0n) is 13.9. The molecular formula is C18H19N5O2. The number of nitrogens with one attached hydrogen (secondary N) is 2. The molecule has 3 aromatic rings. The number of nitrogens with zero attached hydrogens (tertiary/aromatic N) is 3. The number of pyridine rings is 1. The normalized spacial score (nSPS) is 10.6. The lowest BCUT2D eigenvalue weighted by Gasteiger charge is -2.08. The minimum Gasteiger partial charge on any atom is -0.368 e. The van der Waals surface area contributed by atoms with Crippen LogP contribution in [0.1, 0.15) is 17.4 Å². The first-order valence-electron chi connectivity index (χ1n) is 8.13. The standard InChI is InChI=1S/C18H19N5O2/c1-2-23-17(24)10-8-15(22-23)18(25)20-12-11-19-16-9-7-13-5-3-4-6-14(13)21-16/h3-10H,2,11-12H2,1H3,(H,19,21)(H,20,25). The van der Waals surface area contributed by atoms with Crippen molar-refractivity contribution in [2.24, 2.45) is 0 Å². The van der Waals surface area contributed by atoms with Gasteiger partial charge in [0.25, 0.3) is 11.5 Å². The summed E-state index contributed by atoms with van der Waals surface area (Å²) in [7, 11) is 0. The predicted octanol–water partition coefficient (Wildman–Crippen LogP) is 1.65. The Hall–Kier alpha value is -3.22. The van der Waals surface area contributed by atoms with E-state index in [2.05, 4.69) is 20.7 Å². The minimum atomic E-state index is -0.310. The summed E-state index contributed by atoms with van der Waals surface area (Å²) in [5.74, 6) is 0.445. The van der Waals surface area contributed by atoms with E-state index in [0.717, 1.165) is 16.7 Å². The molecule has 2 aromatic heterocycles. The molecule has 1 aromatic carbocycles. The molecule has 128 valence electrons. The molecule has 0 atom stereocenters. The number of para-hydroxylation sites is 1. The fraction of sp³-hybridized carbons (Fsp3) is 0.222. The number of hydrogen-bond acceptors (Lipinski definition) is 5. The van der Waals surface area contributed by atoms with E-state index in [1.165, 1.54) is 16.8 Å². The summed E-state index contributed by atoms with van der Waals surface area (Å²) in [5.41, 5.74) is 0.927. The van der Waals surface area contributed by atoms with Crippen molar-refractivity contribution >= 4 is 22.6 Å². The highest BCUT2D eigenvalue weighted by Crippen LogP contribution is 2.14. The van der Waals surface area contributed by atoms with Crippen molar-refractivity contribution in [3.63, 3.8) is 0 Å². The highest BCUT2D eigenvalue weighted by Gasteiger charge is 2.08. The van der Waals surface area contributed by atoms with Crippen LogP contribution < -0.4 is 16.2 Å². The van der Waals surface area contributed by atoms with Crippen molar-refractivity contribution in [2.75, 3.05) is 18.4 Å². The summed E-state index contributed by atoms with van der Waals surface area (Å²) in [6.45, 7) is 3.18. The summed E-state index contributed by atoms with van der Waals surface area (Å²) >= 11 is 0. The monoisotopic (exact) mass is 337 g/mol. The average Bonchev–Trinajstić information content (AvgIpc) is 2.65. The van der Waals surface area contributed by atoms with E-state index >= 15 is 0 Å². The number of hydrogen-bond donors (Lipinski definition) is 2. The second kappa shape index (κ2) is 7.57. The minimum absolute atomic E-state index is 0.219. The maximum Gasteiger partial charge on any atom is 0.271 e. The molecule has 2 N–H and O–H groups in total. The fourth-order valence-corrected chi connectivity index (χ4v) is 2.42. The number of carbonyl (C=O) groups excluding carboxylic acids is 1. The Morgan fingerprint density at radius 1 is 1.08 bits per heavy atom. The molecular weight excluding hydrogens is 318 g/mol. The predicted molar refractivity (Wildman–Crippen MR) is 96.7 cm³/mol. The van der Waals surface area contributed by atoms with Crippen LogP contribution in [-0.4, -0.2) is 33.8 Å². The van der Waals surface area contributed by atoms with Gasteiger partial charge >= 0.3 is 0 Å². The molecule has 0 saturated heterocycles. The van der Waals surface area contributed by atoms with Gasteiger partial charge in [0, 0.05) is 31.1 Å². The second-order valence-corrected chi connectivity index (χ2v) is 5.44. The number of fused-ring (bicyclic) bond motifs is 1. The van der Waals surface area contributed by atoms with Crippen LogP contribution in [0.25, 0.3) is 10.9 Å². The lowest BCUT2D eigenvalue weighted by Crippen LogP contribution is -2.32. The van der Waals surface area contributed by atoms with Crippen molar-refractivity contribution in [1.82, 2.24) is 20.1 Å². The third-order valence-corrected chi connectivity index (χ3v) is 3.71. The third-order valence-electron chi connectivity index (χ3n) is 3.71. The highest BCUT2D eigenvalue weighted by atomic mass is 16.2. The summed E-state index contributed by atoms with van der Waals surface area (Å²) < 4.78 is 1.26. The third kappa shape index (κ3) is 4.00. The summed E-state index contributed by atoms with van der Waals surface area (Å²) in [5, 5.41) is 11.0. The van der Waals surface area contributed by atoms with Gasteiger partial charge in [-0.3, -0.25) is 9.59 Å². The molecule has 1 amide bonds. The van der Waals surface area contributed by atoms with Gasteiger partial charge in [-0.2, -0.15) is 5.10 Å². The molecule has 0 aliphatic heterocycles. The van der Waals surface area contributed by atoms with Crippen molar-refractivity contribution in [1.29, 1.82) is 0 Å². The lowest BCUT2D eigenvalue weighted by molar-refractivity contribution is 0.0947. The van der Waals surface area contributed by atoms with E-state index in [4.69, 9.17) is 0 Å².